The summed E-state index contributed by atoms with van der Waals surface area (Å²) < 4.78 is 22.6. The van der Waals surface area contributed by atoms with Crippen LogP contribution < -0.4 is 5.32 Å². The van der Waals surface area contributed by atoms with Crippen LogP contribution in [0, 0.1) is 17.1 Å². The molecule has 2 aromatic rings. The Kier molecular flexibility index (Phi) is 9.31. The molecule has 0 bridgehead atoms. The molecular formula is C27H40FN5O2Si. The molecule has 3 rings (SSSR count). The quantitative estimate of drug-likeness (QED) is 0.427. The van der Waals surface area contributed by atoms with Crippen LogP contribution in [0.3, 0.4) is 0 Å². The maximum absolute atomic E-state index is 14.1. The monoisotopic (exact) mass is 513 g/mol. The zero-order chi connectivity index (χ0) is 26.5. The Morgan fingerprint density at radius 3 is 2.53 bits per heavy atom. The Hall–Kier alpha value is -2.70. The number of aromatic nitrogens is 2. The number of amides is 1. The first-order chi connectivity index (χ1) is 17.1. The van der Waals surface area contributed by atoms with E-state index in [-0.39, 0.29) is 17.7 Å². The molecule has 0 unspecified atom stereocenters. The van der Waals surface area contributed by atoms with Crippen LogP contribution in [0.4, 0.5) is 9.18 Å². The molecule has 0 saturated carbocycles. The fourth-order valence-electron chi connectivity index (χ4n) is 5.77. The highest BCUT2D eigenvalue weighted by Crippen LogP contribution is 2.42. The smallest absolute Gasteiger partial charge is 0.396 e. The van der Waals surface area contributed by atoms with Crippen molar-refractivity contribution in [2.75, 3.05) is 19.6 Å². The van der Waals surface area contributed by atoms with Gasteiger partial charge in [-0.2, -0.15) is 5.26 Å². The van der Waals surface area contributed by atoms with Crippen LogP contribution in [0.1, 0.15) is 64.8 Å². The van der Waals surface area contributed by atoms with Crippen LogP contribution in [0.2, 0.25) is 16.6 Å². The van der Waals surface area contributed by atoms with E-state index in [1.165, 1.54) is 12.1 Å². The predicted octanol–water partition coefficient (Wildman–Crippen LogP) is 5.46. The van der Waals surface area contributed by atoms with Crippen molar-refractivity contribution >= 4 is 14.4 Å². The van der Waals surface area contributed by atoms with Crippen LogP contribution in [0.5, 0.6) is 0 Å². The van der Waals surface area contributed by atoms with E-state index in [1.54, 1.807) is 18.6 Å². The lowest BCUT2D eigenvalue weighted by atomic mass is 10.1. The fraction of sp³-hybridized carbons (Fsp3) is 0.593. The fourth-order valence-corrected chi connectivity index (χ4v) is 10.9. The number of nitrogens with one attached hydrogen (secondary N) is 1. The molecule has 1 aromatic carbocycles. The minimum Gasteiger partial charge on any atom is -0.503 e. The highest BCUT2D eigenvalue weighted by atomic mass is 28.4. The summed E-state index contributed by atoms with van der Waals surface area (Å²) in [7, 11) is -2.36. The van der Waals surface area contributed by atoms with Gasteiger partial charge in [0.05, 0.1) is 11.9 Å². The van der Waals surface area contributed by atoms with Gasteiger partial charge in [-0.25, -0.2) is 14.2 Å². The normalized spacial score (nSPS) is 16.1. The summed E-state index contributed by atoms with van der Waals surface area (Å²) in [6, 6.07) is 6.60. The molecule has 1 aliphatic heterocycles. The number of nitrogens with zero attached hydrogens (tertiary/aromatic N) is 4. The number of imidazole rings is 1. The summed E-state index contributed by atoms with van der Waals surface area (Å²) >= 11 is 0. The van der Waals surface area contributed by atoms with Crippen molar-refractivity contribution in [1.29, 1.82) is 5.26 Å². The Morgan fingerprint density at radius 2 is 1.97 bits per heavy atom. The molecule has 0 radical (unpaired) electrons. The molecule has 1 N–H and O–H groups in total. The zero-order valence-corrected chi connectivity index (χ0v) is 23.4. The summed E-state index contributed by atoms with van der Waals surface area (Å²) in [6.45, 7) is 15.7. The molecule has 1 aromatic heterocycles. The highest BCUT2D eigenvalue weighted by Gasteiger charge is 2.49. The topological polar surface area (TPSA) is 83.2 Å². The van der Waals surface area contributed by atoms with E-state index in [0.29, 0.717) is 36.1 Å². The summed E-state index contributed by atoms with van der Waals surface area (Å²) in [5.41, 5.74) is 2.71. The summed E-state index contributed by atoms with van der Waals surface area (Å²) in [5, 5.41) is 12.4. The van der Waals surface area contributed by atoms with Gasteiger partial charge in [0.1, 0.15) is 11.9 Å². The minimum absolute atomic E-state index is 0.0350. The lowest BCUT2D eigenvalue weighted by molar-refractivity contribution is 0.129. The van der Waals surface area contributed by atoms with E-state index in [1.807, 2.05) is 15.5 Å². The zero-order valence-electron chi connectivity index (χ0n) is 22.4. The summed E-state index contributed by atoms with van der Waals surface area (Å²) in [6.07, 6.45) is 4.83. The van der Waals surface area contributed by atoms with Crippen LogP contribution >= 0.6 is 0 Å². The average Bonchev–Trinajstić information content (AvgIpc) is 3.50. The van der Waals surface area contributed by atoms with Crippen LogP contribution in [-0.4, -0.2) is 54.5 Å². The first-order valence-corrected chi connectivity index (χ1v) is 15.1. The number of carbonyl (C=O) groups is 1. The average molecular weight is 514 g/mol. The second-order valence-electron chi connectivity index (χ2n) is 10.7. The van der Waals surface area contributed by atoms with Crippen molar-refractivity contribution in [1.82, 2.24) is 19.8 Å². The second-order valence-corrected chi connectivity index (χ2v) is 16.1. The molecule has 9 heteroatoms. The Morgan fingerprint density at radius 1 is 1.28 bits per heavy atom. The third-order valence-corrected chi connectivity index (χ3v) is 13.5. The molecular weight excluding hydrogens is 473 g/mol. The van der Waals surface area contributed by atoms with E-state index in [9.17, 15) is 9.18 Å². The Labute approximate surface area is 215 Å². The van der Waals surface area contributed by atoms with E-state index >= 15 is 0 Å². The summed E-state index contributed by atoms with van der Waals surface area (Å²) in [4.78, 5) is 19.9. The maximum Gasteiger partial charge on any atom is 0.396 e. The van der Waals surface area contributed by atoms with E-state index in [2.05, 4.69) is 51.8 Å². The van der Waals surface area contributed by atoms with Crippen LogP contribution in [-0.2, 0) is 17.4 Å². The molecule has 0 aliphatic carbocycles. The number of nitriles is 1. The predicted molar refractivity (Wildman–Crippen MR) is 142 cm³/mol. The molecule has 7 nitrogen and oxygen atoms in total. The van der Waals surface area contributed by atoms with Crippen molar-refractivity contribution in [3.05, 3.63) is 53.4 Å². The van der Waals surface area contributed by atoms with Gasteiger partial charge in [-0.15, -0.1) is 0 Å². The van der Waals surface area contributed by atoms with Gasteiger partial charge < -0.3 is 19.2 Å². The number of hydrogen-bond donors (Lipinski definition) is 1. The van der Waals surface area contributed by atoms with Gasteiger partial charge in [0.15, 0.2) is 0 Å². The minimum atomic E-state index is -2.36. The second kappa shape index (κ2) is 12.0. The lowest BCUT2D eigenvalue weighted by Gasteiger charge is -2.43. The third kappa shape index (κ3) is 5.98. The SMILES string of the molecule is CC(C)[Si](OC(=O)N(CCc1cncn1Cc1ccc(C#N)c(F)c1)[C@H]1CCNC1)(C(C)C)C(C)C. The van der Waals surface area contributed by atoms with Gasteiger partial charge in [-0.1, -0.05) is 47.6 Å². The van der Waals surface area contributed by atoms with Crippen molar-refractivity contribution in [3.8, 4) is 6.07 Å². The van der Waals surface area contributed by atoms with Crippen LogP contribution in [0.25, 0.3) is 0 Å². The molecule has 0 spiro atoms. The van der Waals surface area contributed by atoms with Gasteiger partial charge in [0.25, 0.3) is 8.32 Å². The van der Waals surface area contributed by atoms with Gasteiger partial charge in [0.2, 0.25) is 0 Å². The largest absolute Gasteiger partial charge is 0.503 e. The van der Waals surface area contributed by atoms with Crippen molar-refractivity contribution < 1.29 is 13.6 Å². The molecule has 2 heterocycles. The number of benzene rings is 1. The Balaban J connectivity index is 1.77. The van der Waals surface area contributed by atoms with Gasteiger partial charge in [0, 0.05) is 44.0 Å². The molecule has 1 atom stereocenters. The van der Waals surface area contributed by atoms with E-state index < -0.39 is 14.1 Å². The van der Waals surface area contributed by atoms with Crippen molar-refractivity contribution in [2.45, 2.75) is 83.6 Å². The van der Waals surface area contributed by atoms with Crippen molar-refractivity contribution in [3.63, 3.8) is 0 Å². The van der Waals surface area contributed by atoms with Gasteiger partial charge >= 0.3 is 6.09 Å². The standard InChI is InChI=1S/C27H40FN5O2Si/c1-19(2)36(20(3)4,21(5)6)35-27(34)33(25-9-11-30-16-25)12-10-24-15-31-18-32(24)17-22-7-8-23(14-29)26(28)13-22/h7-8,13,15,18-21,25,30H,9-12,16-17H2,1-6H3/t25-/m0/s1. The van der Waals surface area contributed by atoms with E-state index in [0.717, 1.165) is 30.8 Å². The first-order valence-electron chi connectivity index (χ1n) is 13.0. The molecule has 36 heavy (non-hydrogen) atoms. The molecule has 1 fully saturated rings. The van der Waals surface area contributed by atoms with E-state index in [4.69, 9.17) is 9.69 Å². The number of hydrogen-bond acceptors (Lipinski definition) is 5. The molecule has 1 aliphatic rings. The molecule has 196 valence electrons. The Bertz CT molecular complexity index is 1050. The maximum atomic E-state index is 14.1. The summed E-state index contributed by atoms with van der Waals surface area (Å²) in [5.74, 6) is -0.521. The van der Waals surface area contributed by atoms with Gasteiger partial charge in [-0.05, 0) is 47.3 Å². The number of rotatable bonds is 10. The highest BCUT2D eigenvalue weighted by molar-refractivity contribution is 6.78. The third-order valence-electron chi connectivity index (χ3n) is 7.60. The van der Waals surface area contributed by atoms with Crippen molar-refractivity contribution in [2.24, 2.45) is 0 Å². The number of carbonyl (C=O) groups excluding carboxylic acids is 1. The number of halogens is 1. The van der Waals surface area contributed by atoms with Crippen LogP contribution in [0.15, 0.2) is 30.7 Å². The van der Waals surface area contributed by atoms with Gasteiger partial charge in [-0.3, -0.25) is 0 Å². The molecule has 1 saturated heterocycles. The lowest BCUT2D eigenvalue weighted by Crippen LogP contribution is -2.54. The first kappa shape index (κ1) is 27.9. The molecule has 1 amide bonds.